The molecule has 0 aliphatic heterocycles. The summed E-state index contributed by atoms with van der Waals surface area (Å²) in [6.07, 6.45) is 0. The fraction of sp³-hybridized carbons (Fsp3) is 0.278. The van der Waals surface area contributed by atoms with Crippen LogP contribution in [-0.4, -0.2) is 12.5 Å². The highest BCUT2D eigenvalue weighted by Crippen LogP contribution is 2.23. The second-order valence-corrected chi connectivity index (χ2v) is 6.35. The average Bonchev–Trinajstić information content (AvgIpc) is 2.48. The molecule has 23 heavy (non-hydrogen) atoms. The Kier molecular flexibility index (Phi) is 4.98. The third kappa shape index (κ3) is 4.77. The molecule has 5 heteroatoms. The number of benzene rings is 2. The first-order valence-corrected chi connectivity index (χ1v) is 7.35. The summed E-state index contributed by atoms with van der Waals surface area (Å²) in [5.74, 6) is -1.50. The molecule has 0 saturated carbocycles. The Morgan fingerprint density at radius 1 is 1.04 bits per heavy atom. The molecule has 2 aromatic carbocycles. The zero-order chi connectivity index (χ0) is 17.0. The number of halogens is 2. The lowest BCUT2D eigenvalue weighted by Crippen LogP contribution is -2.22. The van der Waals surface area contributed by atoms with Crippen molar-refractivity contribution in [3.63, 3.8) is 0 Å². The first kappa shape index (κ1) is 16.9. The van der Waals surface area contributed by atoms with Gasteiger partial charge >= 0.3 is 0 Å². The SMILES string of the molecule is CC(C)(C)c1ccc(NC(=O)CNc2cc(F)ccc2F)cc1. The quantitative estimate of drug-likeness (QED) is 0.882. The minimum Gasteiger partial charge on any atom is -0.374 e. The zero-order valence-electron chi connectivity index (χ0n) is 13.4. The molecule has 0 heterocycles. The number of amides is 1. The molecule has 0 saturated heterocycles. The Labute approximate surface area is 134 Å². The van der Waals surface area contributed by atoms with Crippen molar-refractivity contribution in [2.24, 2.45) is 0 Å². The number of hydrogen-bond donors (Lipinski definition) is 2. The molecule has 0 aliphatic carbocycles. The van der Waals surface area contributed by atoms with Gasteiger partial charge in [-0.25, -0.2) is 8.78 Å². The molecule has 122 valence electrons. The van der Waals surface area contributed by atoms with Crippen LogP contribution in [0.25, 0.3) is 0 Å². The molecule has 0 spiro atoms. The molecule has 2 aromatic rings. The maximum Gasteiger partial charge on any atom is 0.243 e. The molecule has 0 aliphatic rings. The van der Waals surface area contributed by atoms with Gasteiger partial charge in [0.1, 0.15) is 11.6 Å². The topological polar surface area (TPSA) is 41.1 Å². The molecular formula is C18H20F2N2O. The van der Waals surface area contributed by atoms with Crippen LogP contribution in [0.1, 0.15) is 26.3 Å². The highest BCUT2D eigenvalue weighted by atomic mass is 19.1. The van der Waals surface area contributed by atoms with Gasteiger partial charge in [-0.1, -0.05) is 32.9 Å². The molecule has 2 N–H and O–H groups in total. The van der Waals surface area contributed by atoms with Gasteiger partial charge in [0.15, 0.2) is 0 Å². The highest BCUT2D eigenvalue weighted by molar-refractivity contribution is 5.93. The summed E-state index contributed by atoms with van der Waals surface area (Å²) >= 11 is 0. The van der Waals surface area contributed by atoms with E-state index in [9.17, 15) is 13.6 Å². The van der Waals surface area contributed by atoms with E-state index in [0.717, 1.165) is 23.8 Å². The Hall–Kier alpha value is -2.43. The fourth-order valence-electron chi connectivity index (χ4n) is 2.07. The molecule has 2 rings (SSSR count). The van der Waals surface area contributed by atoms with E-state index in [1.165, 1.54) is 0 Å². The molecule has 0 atom stereocenters. The molecule has 0 aromatic heterocycles. The predicted molar refractivity (Wildman–Crippen MR) is 88.6 cm³/mol. The normalized spacial score (nSPS) is 11.2. The number of nitrogens with one attached hydrogen (secondary N) is 2. The van der Waals surface area contributed by atoms with Gasteiger partial charge in [0, 0.05) is 5.69 Å². The number of carbonyl (C=O) groups excluding carboxylic acids is 1. The van der Waals surface area contributed by atoms with Crippen molar-refractivity contribution in [3.05, 3.63) is 59.7 Å². The standard InChI is InChI=1S/C18H20F2N2O/c1-18(2,3)12-4-7-14(8-5-12)22-17(23)11-21-16-10-13(19)6-9-15(16)20/h4-10,21H,11H2,1-3H3,(H,22,23). The molecule has 0 radical (unpaired) electrons. The first-order chi connectivity index (χ1) is 10.8. The minimum absolute atomic E-state index is 0.0387. The molecule has 1 amide bonds. The van der Waals surface area contributed by atoms with E-state index in [1.54, 1.807) is 0 Å². The van der Waals surface area contributed by atoms with E-state index in [4.69, 9.17) is 0 Å². The van der Waals surface area contributed by atoms with Crippen LogP contribution in [-0.2, 0) is 10.2 Å². The van der Waals surface area contributed by atoms with Gasteiger partial charge in [-0.2, -0.15) is 0 Å². The van der Waals surface area contributed by atoms with Crippen LogP contribution in [0.2, 0.25) is 0 Å². The minimum atomic E-state index is -0.603. The Morgan fingerprint density at radius 2 is 1.70 bits per heavy atom. The van der Waals surface area contributed by atoms with Crippen molar-refractivity contribution in [1.29, 1.82) is 0 Å². The van der Waals surface area contributed by atoms with Gasteiger partial charge in [-0.05, 0) is 41.3 Å². The molecule has 0 bridgehead atoms. The van der Waals surface area contributed by atoms with Crippen LogP contribution in [0.4, 0.5) is 20.2 Å². The molecule has 0 fully saturated rings. The second kappa shape index (κ2) is 6.77. The number of carbonyl (C=O) groups is 1. The van der Waals surface area contributed by atoms with E-state index in [0.29, 0.717) is 5.69 Å². The summed E-state index contributed by atoms with van der Waals surface area (Å²) < 4.78 is 26.5. The van der Waals surface area contributed by atoms with Crippen molar-refractivity contribution in [1.82, 2.24) is 0 Å². The molecule has 0 unspecified atom stereocenters. The van der Waals surface area contributed by atoms with Crippen LogP contribution in [0.3, 0.4) is 0 Å². The van der Waals surface area contributed by atoms with Gasteiger partial charge in [0.25, 0.3) is 0 Å². The zero-order valence-corrected chi connectivity index (χ0v) is 13.4. The predicted octanol–water partition coefficient (Wildman–Crippen LogP) is 4.31. The average molecular weight is 318 g/mol. The maximum absolute atomic E-state index is 13.4. The van der Waals surface area contributed by atoms with E-state index in [1.807, 2.05) is 24.3 Å². The summed E-state index contributed by atoms with van der Waals surface area (Å²) in [4.78, 5) is 11.9. The highest BCUT2D eigenvalue weighted by Gasteiger charge is 2.13. The van der Waals surface area contributed by atoms with Crippen molar-refractivity contribution < 1.29 is 13.6 Å². The summed E-state index contributed by atoms with van der Waals surface area (Å²) in [5, 5.41) is 5.29. The van der Waals surface area contributed by atoms with Crippen LogP contribution >= 0.6 is 0 Å². The second-order valence-electron chi connectivity index (χ2n) is 6.35. The lowest BCUT2D eigenvalue weighted by atomic mass is 9.87. The third-order valence-corrected chi connectivity index (χ3v) is 3.40. The van der Waals surface area contributed by atoms with Gasteiger partial charge < -0.3 is 10.6 Å². The lowest BCUT2D eigenvalue weighted by molar-refractivity contribution is -0.114. The number of hydrogen-bond acceptors (Lipinski definition) is 2. The lowest BCUT2D eigenvalue weighted by Gasteiger charge is -2.19. The third-order valence-electron chi connectivity index (χ3n) is 3.40. The van der Waals surface area contributed by atoms with Gasteiger partial charge in [-0.3, -0.25) is 4.79 Å². The van der Waals surface area contributed by atoms with E-state index in [2.05, 4.69) is 31.4 Å². The first-order valence-electron chi connectivity index (χ1n) is 7.35. The smallest absolute Gasteiger partial charge is 0.243 e. The van der Waals surface area contributed by atoms with Crippen molar-refractivity contribution in [2.75, 3.05) is 17.2 Å². The van der Waals surface area contributed by atoms with Crippen molar-refractivity contribution in [3.8, 4) is 0 Å². The summed E-state index contributed by atoms with van der Waals surface area (Å²) in [6, 6.07) is 10.6. The number of rotatable bonds is 4. The van der Waals surface area contributed by atoms with Crippen molar-refractivity contribution in [2.45, 2.75) is 26.2 Å². The van der Waals surface area contributed by atoms with Crippen LogP contribution < -0.4 is 10.6 Å². The summed E-state index contributed by atoms with van der Waals surface area (Å²) in [5.41, 5.74) is 1.82. The van der Waals surface area contributed by atoms with Gasteiger partial charge in [-0.15, -0.1) is 0 Å². The Morgan fingerprint density at radius 3 is 2.30 bits per heavy atom. The van der Waals surface area contributed by atoms with Crippen molar-refractivity contribution >= 4 is 17.3 Å². The van der Waals surface area contributed by atoms with Gasteiger partial charge in [0.2, 0.25) is 5.91 Å². The summed E-state index contributed by atoms with van der Waals surface area (Å²) in [7, 11) is 0. The van der Waals surface area contributed by atoms with Crippen LogP contribution in [0, 0.1) is 11.6 Å². The Bertz CT molecular complexity index is 691. The largest absolute Gasteiger partial charge is 0.374 e. The van der Waals surface area contributed by atoms with Gasteiger partial charge in [0.05, 0.1) is 12.2 Å². The molecular weight excluding hydrogens is 298 g/mol. The van der Waals surface area contributed by atoms with E-state index < -0.39 is 11.6 Å². The molecule has 3 nitrogen and oxygen atoms in total. The van der Waals surface area contributed by atoms with Crippen LogP contribution in [0.15, 0.2) is 42.5 Å². The van der Waals surface area contributed by atoms with Crippen LogP contribution in [0.5, 0.6) is 0 Å². The summed E-state index contributed by atoms with van der Waals surface area (Å²) in [6.45, 7) is 6.18. The number of anilines is 2. The maximum atomic E-state index is 13.4. The Balaban J connectivity index is 1.93. The van der Waals surface area contributed by atoms with E-state index in [-0.39, 0.29) is 23.6 Å². The monoisotopic (exact) mass is 318 g/mol. The fourth-order valence-corrected chi connectivity index (χ4v) is 2.07. The van der Waals surface area contributed by atoms with E-state index >= 15 is 0 Å².